The van der Waals surface area contributed by atoms with Crippen molar-refractivity contribution in [1.29, 1.82) is 0 Å². The summed E-state index contributed by atoms with van der Waals surface area (Å²) in [6.45, 7) is 2.62. The fourth-order valence-corrected chi connectivity index (χ4v) is 7.73. The molecule has 4 heteroatoms. The molecule has 4 aliphatic carbocycles. The lowest BCUT2D eigenvalue weighted by atomic mass is 9.51. The lowest BCUT2D eigenvalue weighted by molar-refractivity contribution is -0.131. The Balaban J connectivity index is 1.62. The standard InChI is InChI=1S/C29H37NO3/c1-29-16-24(18-5-8-20(9-6-18)30(2)3)28-22-12-10-21(31)15-19(22)7-11-23(28)25(29)13-14-26(29)27(32)17-33-4/h5-6,8-9,15,23-26H,7,10-14,16-17H2,1-4H3. The van der Waals surface area contributed by atoms with Gasteiger partial charge in [0.05, 0.1) is 0 Å². The zero-order valence-electron chi connectivity index (χ0n) is 20.5. The van der Waals surface area contributed by atoms with E-state index >= 15 is 0 Å². The van der Waals surface area contributed by atoms with Crippen LogP contribution in [0.25, 0.3) is 0 Å². The van der Waals surface area contributed by atoms with E-state index in [-0.39, 0.29) is 29.5 Å². The van der Waals surface area contributed by atoms with Crippen molar-refractivity contribution in [2.45, 2.75) is 57.8 Å². The van der Waals surface area contributed by atoms with Gasteiger partial charge in [-0.1, -0.05) is 24.6 Å². The number of nitrogens with zero attached hydrogens (tertiary/aromatic N) is 1. The molecule has 176 valence electrons. The van der Waals surface area contributed by atoms with Crippen LogP contribution in [0.3, 0.4) is 0 Å². The number of allylic oxidation sites excluding steroid dienone is 4. The number of rotatable bonds is 5. The molecular weight excluding hydrogens is 410 g/mol. The monoisotopic (exact) mass is 447 g/mol. The second kappa shape index (κ2) is 8.54. The predicted octanol–water partition coefficient (Wildman–Crippen LogP) is 5.48. The van der Waals surface area contributed by atoms with Gasteiger partial charge in [0.2, 0.25) is 0 Å². The van der Waals surface area contributed by atoms with Crippen LogP contribution in [0.5, 0.6) is 0 Å². The van der Waals surface area contributed by atoms with Crippen LogP contribution < -0.4 is 4.90 Å². The molecule has 2 saturated carbocycles. The SMILES string of the molecule is COCC(=O)C1CCC2C3CCC4=CC(=O)CCC4=C3C(c3ccc(N(C)C)cc3)CC12C. The van der Waals surface area contributed by atoms with Crippen LogP contribution in [0.2, 0.25) is 0 Å². The van der Waals surface area contributed by atoms with E-state index in [2.05, 4.69) is 50.2 Å². The van der Waals surface area contributed by atoms with Crippen molar-refractivity contribution in [1.82, 2.24) is 0 Å². The van der Waals surface area contributed by atoms with Gasteiger partial charge in [0.1, 0.15) is 6.61 Å². The second-order valence-corrected chi connectivity index (χ2v) is 11.1. The maximum absolute atomic E-state index is 13.1. The van der Waals surface area contributed by atoms with E-state index < -0.39 is 0 Å². The van der Waals surface area contributed by atoms with Gasteiger partial charge >= 0.3 is 0 Å². The molecule has 0 aliphatic heterocycles. The fraction of sp³-hybridized carbons (Fsp3) is 0.586. The molecule has 0 spiro atoms. The highest BCUT2D eigenvalue weighted by atomic mass is 16.5. The molecule has 0 amide bonds. The predicted molar refractivity (Wildman–Crippen MR) is 131 cm³/mol. The highest BCUT2D eigenvalue weighted by Crippen LogP contribution is 2.65. The number of Topliss-reactive ketones (excluding diaryl/α,β-unsaturated/α-hetero) is 1. The Bertz CT molecular complexity index is 1020. The summed E-state index contributed by atoms with van der Waals surface area (Å²) in [6.07, 6.45) is 8.69. The summed E-state index contributed by atoms with van der Waals surface area (Å²) >= 11 is 0. The maximum Gasteiger partial charge on any atom is 0.162 e. The van der Waals surface area contributed by atoms with Crippen LogP contribution in [0.15, 0.2) is 47.1 Å². The first-order valence-corrected chi connectivity index (χ1v) is 12.6. The van der Waals surface area contributed by atoms with Crippen molar-refractivity contribution in [3.8, 4) is 0 Å². The Hall–Kier alpha value is -2.20. The summed E-state index contributed by atoms with van der Waals surface area (Å²) in [6, 6.07) is 9.02. The van der Waals surface area contributed by atoms with Gasteiger partial charge < -0.3 is 9.64 Å². The van der Waals surface area contributed by atoms with E-state index in [0.29, 0.717) is 24.2 Å². The number of ether oxygens (including phenoxy) is 1. The number of methoxy groups -OCH3 is 1. The van der Waals surface area contributed by atoms with Crippen molar-refractivity contribution < 1.29 is 14.3 Å². The number of carbonyl (C=O) groups excluding carboxylic acids is 2. The third kappa shape index (κ3) is 3.71. The zero-order chi connectivity index (χ0) is 23.3. The highest BCUT2D eigenvalue weighted by molar-refractivity contribution is 5.93. The summed E-state index contributed by atoms with van der Waals surface area (Å²) in [7, 11) is 5.78. The molecule has 1 aromatic carbocycles. The fourth-order valence-electron chi connectivity index (χ4n) is 7.73. The Morgan fingerprint density at radius 3 is 2.55 bits per heavy atom. The van der Waals surface area contributed by atoms with E-state index in [4.69, 9.17) is 4.74 Å². The Kier molecular flexibility index (Phi) is 5.84. The molecule has 4 nitrogen and oxygen atoms in total. The van der Waals surface area contributed by atoms with E-state index in [1.165, 1.54) is 22.4 Å². The number of ketones is 2. The number of carbonyl (C=O) groups is 2. The largest absolute Gasteiger partial charge is 0.378 e. The van der Waals surface area contributed by atoms with E-state index in [0.717, 1.165) is 38.5 Å². The molecule has 0 N–H and O–H groups in total. The number of hydrogen-bond acceptors (Lipinski definition) is 4. The van der Waals surface area contributed by atoms with Crippen LogP contribution in [0, 0.1) is 23.2 Å². The van der Waals surface area contributed by atoms with Crippen molar-refractivity contribution in [3.63, 3.8) is 0 Å². The van der Waals surface area contributed by atoms with Crippen molar-refractivity contribution in [3.05, 3.63) is 52.6 Å². The zero-order valence-corrected chi connectivity index (χ0v) is 20.5. The first-order chi connectivity index (χ1) is 15.8. The molecule has 5 unspecified atom stereocenters. The average Bonchev–Trinajstić information content (AvgIpc) is 3.15. The number of anilines is 1. The third-order valence-electron chi connectivity index (χ3n) is 9.22. The van der Waals surface area contributed by atoms with Crippen LogP contribution in [0.1, 0.15) is 63.4 Å². The van der Waals surface area contributed by atoms with Crippen LogP contribution in [-0.4, -0.2) is 39.4 Å². The lowest BCUT2D eigenvalue weighted by Crippen LogP contribution is -2.45. The molecular formula is C29H37NO3. The number of fused-ring (bicyclic) bond motifs is 4. The molecule has 2 fully saturated rings. The number of hydrogen-bond donors (Lipinski definition) is 0. The van der Waals surface area contributed by atoms with Crippen LogP contribution in [0.4, 0.5) is 5.69 Å². The quantitative estimate of drug-likeness (QED) is 0.599. The molecule has 0 saturated heterocycles. The van der Waals surface area contributed by atoms with Gasteiger partial charge in [0.15, 0.2) is 11.6 Å². The summed E-state index contributed by atoms with van der Waals surface area (Å²) in [5.41, 5.74) is 6.92. The minimum atomic E-state index is 0.000923. The van der Waals surface area contributed by atoms with Gasteiger partial charge in [-0.15, -0.1) is 0 Å². The van der Waals surface area contributed by atoms with Gasteiger partial charge in [-0.25, -0.2) is 0 Å². The van der Waals surface area contributed by atoms with Gasteiger partial charge in [0, 0.05) is 45.1 Å². The molecule has 0 radical (unpaired) electrons. The molecule has 0 bridgehead atoms. The molecule has 5 rings (SSSR count). The van der Waals surface area contributed by atoms with Crippen LogP contribution >= 0.6 is 0 Å². The molecule has 1 aromatic rings. The Morgan fingerprint density at radius 2 is 1.85 bits per heavy atom. The summed E-state index contributed by atoms with van der Waals surface area (Å²) < 4.78 is 5.27. The van der Waals surface area contributed by atoms with E-state index in [1.54, 1.807) is 12.7 Å². The number of benzene rings is 1. The first-order valence-electron chi connectivity index (χ1n) is 12.6. The van der Waals surface area contributed by atoms with Crippen molar-refractivity contribution in [2.24, 2.45) is 23.2 Å². The minimum Gasteiger partial charge on any atom is -0.378 e. The molecule has 5 atom stereocenters. The summed E-state index contributed by atoms with van der Waals surface area (Å²) in [5.74, 6) is 2.02. The summed E-state index contributed by atoms with van der Waals surface area (Å²) in [5, 5.41) is 0. The van der Waals surface area contributed by atoms with Crippen LogP contribution in [-0.2, 0) is 14.3 Å². The topological polar surface area (TPSA) is 46.6 Å². The van der Waals surface area contributed by atoms with Gasteiger partial charge in [-0.3, -0.25) is 9.59 Å². The van der Waals surface area contributed by atoms with Crippen molar-refractivity contribution >= 4 is 17.3 Å². The van der Waals surface area contributed by atoms with E-state index in [1.807, 2.05) is 6.08 Å². The van der Waals surface area contributed by atoms with Gasteiger partial charge in [-0.05, 0) is 90.7 Å². The Morgan fingerprint density at radius 1 is 1.09 bits per heavy atom. The normalized spacial score (nSPS) is 33.2. The van der Waals surface area contributed by atoms with Gasteiger partial charge in [0.25, 0.3) is 0 Å². The first kappa shape index (κ1) is 22.6. The molecule has 4 aliphatic rings. The highest BCUT2D eigenvalue weighted by Gasteiger charge is 2.58. The minimum absolute atomic E-state index is 0.000923. The Labute approximate surface area is 198 Å². The van der Waals surface area contributed by atoms with Crippen molar-refractivity contribution in [2.75, 3.05) is 32.7 Å². The molecule has 0 aromatic heterocycles. The molecule has 33 heavy (non-hydrogen) atoms. The third-order valence-corrected chi connectivity index (χ3v) is 9.22. The second-order valence-electron chi connectivity index (χ2n) is 11.1. The summed E-state index contributed by atoms with van der Waals surface area (Å²) in [4.78, 5) is 27.4. The lowest BCUT2D eigenvalue weighted by Gasteiger charge is -2.52. The van der Waals surface area contributed by atoms with E-state index in [9.17, 15) is 9.59 Å². The molecule has 0 heterocycles. The maximum atomic E-state index is 13.1. The average molecular weight is 448 g/mol. The van der Waals surface area contributed by atoms with Gasteiger partial charge in [-0.2, -0.15) is 0 Å². The smallest absolute Gasteiger partial charge is 0.162 e.